The van der Waals surface area contributed by atoms with Crippen LogP contribution in [0.5, 0.6) is 0 Å². The molecule has 5 nitrogen and oxygen atoms in total. The molecule has 0 aliphatic carbocycles. The smallest absolute Gasteiger partial charge is 0.270 e. The molecule has 0 aliphatic rings. The molecule has 0 bridgehead atoms. The molecule has 0 aliphatic heterocycles. The third-order valence-electron chi connectivity index (χ3n) is 3.08. The van der Waals surface area contributed by atoms with Crippen molar-refractivity contribution in [2.45, 2.75) is 0 Å². The van der Waals surface area contributed by atoms with E-state index in [9.17, 15) is 4.79 Å². The highest BCUT2D eigenvalue weighted by molar-refractivity contribution is 7.17. The van der Waals surface area contributed by atoms with Gasteiger partial charge in [0.2, 0.25) is 5.78 Å². The Morgan fingerprint density at radius 3 is 2.75 bits per heavy atom. The first-order valence-electron chi connectivity index (χ1n) is 5.84. The predicted molar refractivity (Wildman–Crippen MR) is 79.4 cm³/mol. The van der Waals surface area contributed by atoms with Gasteiger partial charge in [-0.15, -0.1) is 21.5 Å². The molecule has 1 aromatic carbocycles. The van der Waals surface area contributed by atoms with E-state index in [2.05, 4.69) is 15.2 Å². The van der Waals surface area contributed by atoms with E-state index in [1.54, 1.807) is 12.1 Å². The highest BCUT2D eigenvalue weighted by Crippen LogP contribution is 2.24. The van der Waals surface area contributed by atoms with Gasteiger partial charge in [-0.1, -0.05) is 11.6 Å². The lowest BCUT2D eigenvalue weighted by molar-refractivity contribution is 1.09. The number of nitrogens with zero attached hydrogens (tertiary/aromatic N) is 3. The highest BCUT2D eigenvalue weighted by Gasteiger charge is 2.13. The molecule has 0 amide bonds. The summed E-state index contributed by atoms with van der Waals surface area (Å²) in [7, 11) is 0. The number of H-pyrrole nitrogens is 1. The van der Waals surface area contributed by atoms with Crippen LogP contribution in [-0.4, -0.2) is 19.6 Å². The van der Waals surface area contributed by atoms with Gasteiger partial charge < -0.3 is 0 Å². The normalized spacial score (nSPS) is 11.4. The molecule has 3 heterocycles. The van der Waals surface area contributed by atoms with Crippen LogP contribution < -0.4 is 5.56 Å². The Bertz CT molecular complexity index is 983. The van der Waals surface area contributed by atoms with Crippen LogP contribution in [0.2, 0.25) is 5.02 Å². The summed E-state index contributed by atoms with van der Waals surface area (Å²) < 4.78 is 2.50. The largest absolute Gasteiger partial charge is 0.289 e. The van der Waals surface area contributed by atoms with Gasteiger partial charge in [0.05, 0.1) is 5.52 Å². The Hall–Kier alpha value is -2.18. The Labute approximate surface area is 121 Å². The van der Waals surface area contributed by atoms with Crippen LogP contribution in [0.4, 0.5) is 0 Å². The van der Waals surface area contributed by atoms with Crippen LogP contribution in [-0.2, 0) is 0 Å². The second-order valence-electron chi connectivity index (χ2n) is 4.28. The minimum Gasteiger partial charge on any atom is -0.289 e. The van der Waals surface area contributed by atoms with Crippen LogP contribution in [0.1, 0.15) is 0 Å². The molecule has 0 atom stereocenters. The van der Waals surface area contributed by atoms with Gasteiger partial charge in [0.25, 0.3) is 5.56 Å². The van der Waals surface area contributed by atoms with Gasteiger partial charge >= 0.3 is 0 Å². The molecule has 20 heavy (non-hydrogen) atoms. The zero-order chi connectivity index (χ0) is 13.7. The number of benzene rings is 1. The first-order chi connectivity index (χ1) is 9.74. The van der Waals surface area contributed by atoms with Crippen LogP contribution in [0.3, 0.4) is 0 Å². The fraction of sp³-hybridized carbons (Fsp3) is 0. The molecular weight excluding hydrogens is 296 g/mol. The third kappa shape index (κ3) is 1.59. The second kappa shape index (κ2) is 4.16. The number of rotatable bonds is 1. The van der Waals surface area contributed by atoms with Crippen LogP contribution >= 0.6 is 22.9 Å². The van der Waals surface area contributed by atoms with E-state index < -0.39 is 0 Å². The maximum absolute atomic E-state index is 11.9. The Morgan fingerprint density at radius 2 is 1.95 bits per heavy atom. The molecule has 0 radical (unpaired) electrons. The monoisotopic (exact) mass is 302 g/mol. The molecule has 4 rings (SSSR count). The van der Waals surface area contributed by atoms with E-state index >= 15 is 0 Å². The SMILES string of the molecule is O=c1[nH]c2nnc(-c3ccc(Cl)cc3)n2c2ccsc12. The summed E-state index contributed by atoms with van der Waals surface area (Å²) in [5, 5.41) is 10.8. The molecule has 0 fully saturated rings. The van der Waals surface area contributed by atoms with Crippen LogP contribution in [0, 0.1) is 0 Å². The molecule has 0 saturated heterocycles. The summed E-state index contributed by atoms with van der Waals surface area (Å²) in [5.74, 6) is 1.11. The molecule has 1 N–H and O–H groups in total. The number of fused-ring (bicyclic) bond motifs is 3. The van der Waals surface area contributed by atoms with Gasteiger partial charge in [-0.2, -0.15) is 0 Å². The fourth-order valence-electron chi connectivity index (χ4n) is 2.19. The number of halogens is 1. The van der Waals surface area contributed by atoms with E-state index in [-0.39, 0.29) is 5.56 Å². The first kappa shape index (κ1) is 11.6. The minimum absolute atomic E-state index is 0.141. The number of hydrogen-bond donors (Lipinski definition) is 1. The highest BCUT2D eigenvalue weighted by atomic mass is 35.5. The van der Waals surface area contributed by atoms with Crippen molar-refractivity contribution >= 4 is 38.9 Å². The zero-order valence-electron chi connectivity index (χ0n) is 10.0. The van der Waals surface area contributed by atoms with Crippen molar-refractivity contribution in [1.29, 1.82) is 0 Å². The maximum atomic E-state index is 11.9. The second-order valence-corrected chi connectivity index (χ2v) is 5.63. The van der Waals surface area contributed by atoms with Crippen molar-refractivity contribution in [3.63, 3.8) is 0 Å². The van der Waals surface area contributed by atoms with Crippen molar-refractivity contribution in [1.82, 2.24) is 19.6 Å². The number of aromatic amines is 1. The quantitative estimate of drug-likeness (QED) is 0.588. The van der Waals surface area contributed by atoms with E-state index in [1.165, 1.54) is 11.3 Å². The molecule has 7 heteroatoms. The van der Waals surface area contributed by atoms with Crippen molar-refractivity contribution in [3.05, 3.63) is 51.1 Å². The number of aromatic nitrogens is 4. The van der Waals surface area contributed by atoms with Crippen LogP contribution in [0.15, 0.2) is 40.5 Å². The molecule has 3 aromatic heterocycles. The van der Waals surface area contributed by atoms with Gasteiger partial charge in [-0.3, -0.25) is 14.2 Å². The average molecular weight is 303 g/mol. The van der Waals surface area contributed by atoms with Crippen molar-refractivity contribution < 1.29 is 0 Å². The summed E-state index contributed by atoms with van der Waals surface area (Å²) in [5.41, 5.74) is 1.56. The lowest BCUT2D eigenvalue weighted by atomic mass is 10.2. The summed E-state index contributed by atoms with van der Waals surface area (Å²) in [4.78, 5) is 14.6. The lowest BCUT2D eigenvalue weighted by Gasteiger charge is -2.01. The fourth-order valence-corrected chi connectivity index (χ4v) is 3.08. The first-order valence-corrected chi connectivity index (χ1v) is 7.10. The van der Waals surface area contributed by atoms with E-state index in [1.807, 2.05) is 28.0 Å². The van der Waals surface area contributed by atoms with Crippen LogP contribution in [0.25, 0.3) is 27.4 Å². The van der Waals surface area contributed by atoms with Crippen molar-refractivity contribution in [2.24, 2.45) is 0 Å². The molecule has 0 spiro atoms. The Balaban J connectivity index is 2.13. The number of hydrogen-bond acceptors (Lipinski definition) is 4. The summed E-state index contributed by atoms with van der Waals surface area (Å²) >= 11 is 7.30. The predicted octanol–water partition coefficient (Wildman–Crippen LogP) is 2.95. The van der Waals surface area contributed by atoms with Gasteiger partial charge in [-0.05, 0) is 35.7 Å². The molecule has 0 saturated carbocycles. The summed E-state index contributed by atoms with van der Waals surface area (Å²) in [6, 6.07) is 9.25. The molecule has 98 valence electrons. The number of nitrogens with one attached hydrogen (secondary N) is 1. The molecule has 0 unspecified atom stereocenters. The standard InChI is InChI=1S/C13H7ClN4OS/c14-8-3-1-7(2-4-8)11-16-17-13-15-12(19)10-9(18(11)13)5-6-20-10/h1-6H,(H,15,17,19). The topological polar surface area (TPSA) is 63.0 Å². The van der Waals surface area contributed by atoms with Gasteiger partial charge in [0.15, 0.2) is 5.82 Å². The zero-order valence-corrected chi connectivity index (χ0v) is 11.6. The maximum Gasteiger partial charge on any atom is 0.270 e. The molecule has 4 aromatic rings. The van der Waals surface area contributed by atoms with E-state index in [0.29, 0.717) is 21.3 Å². The van der Waals surface area contributed by atoms with E-state index in [0.717, 1.165) is 11.1 Å². The van der Waals surface area contributed by atoms with E-state index in [4.69, 9.17) is 11.6 Å². The van der Waals surface area contributed by atoms with Gasteiger partial charge in [0.1, 0.15) is 4.70 Å². The number of thiophene rings is 1. The Morgan fingerprint density at radius 1 is 1.15 bits per heavy atom. The molecular formula is C13H7ClN4OS. The lowest BCUT2D eigenvalue weighted by Crippen LogP contribution is -2.08. The van der Waals surface area contributed by atoms with Crippen molar-refractivity contribution in [3.8, 4) is 11.4 Å². The summed E-state index contributed by atoms with van der Waals surface area (Å²) in [6.07, 6.45) is 0. The van der Waals surface area contributed by atoms with Gasteiger partial charge in [0, 0.05) is 10.6 Å². The summed E-state index contributed by atoms with van der Waals surface area (Å²) in [6.45, 7) is 0. The van der Waals surface area contributed by atoms with Crippen molar-refractivity contribution in [2.75, 3.05) is 0 Å². The Kier molecular flexibility index (Phi) is 2.42. The average Bonchev–Trinajstić information content (AvgIpc) is 3.05. The minimum atomic E-state index is -0.141. The third-order valence-corrected chi connectivity index (χ3v) is 4.24. The van der Waals surface area contributed by atoms with Gasteiger partial charge in [-0.25, -0.2) is 0 Å².